The zero-order valence-electron chi connectivity index (χ0n) is 14.9. The van der Waals surface area contributed by atoms with E-state index in [1.54, 1.807) is 23.1 Å². The lowest BCUT2D eigenvalue weighted by atomic mass is 9.96. The molecular weight excluding hydrogens is 358 g/mol. The number of ether oxygens (including phenoxy) is 1. The van der Waals surface area contributed by atoms with Crippen molar-refractivity contribution in [3.63, 3.8) is 0 Å². The summed E-state index contributed by atoms with van der Waals surface area (Å²) >= 11 is 6.04. The first-order valence-electron chi connectivity index (χ1n) is 8.36. The number of carbonyl (C=O) groups is 2. The van der Waals surface area contributed by atoms with Crippen LogP contribution >= 0.6 is 11.6 Å². The third kappa shape index (κ3) is 3.88. The fourth-order valence-electron chi connectivity index (χ4n) is 2.63. The van der Waals surface area contributed by atoms with Crippen molar-refractivity contribution in [3.05, 3.63) is 40.5 Å². The summed E-state index contributed by atoms with van der Waals surface area (Å²) in [4.78, 5) is 30.4. The van der Waals surface area contributed by atoms with E-state index in [1.165, 1.54) is 0 Å². The highest BCUT2D eigenvalue weighted by atomic mass is 35.5. The maximum absolute atomic E-state index is 12.5. The molecule has 0 N–H and O–H groups in total. The minimum absolute atomic E-state index is 0.0342. The first kappa shape index (κ1) is 18.4. The van der Waals surface area contributed by atoms with Gasteiger partial charge in [-0.2, -0.15) is 4.98 Å². The number of halogens is 1. The molecule has 1 amide bonds. The Bertz CT molecular complexity index is 841. The number of anilines is 1. The molecule has 1 aliphatic rings. The number of benzene rings is 1. The number of esters is 1. The molecule has 8 heteroatoms. The van der Waals surface area contributed by atoms with Gasteiger partial charge in [0.1, 0.15) is 0 Å². The van der Waals surface area contributed by atoms with Crippen molar-refractivity contribution in [2.45, 2.75) is 45.6 Å². The van der Waals surface area contributed by atoms with E-state index in [1.807, 2.05) is 20.8 Å². The molecule has 1 aromatic heterocycles. The van der Waals surface area contributed by atoms with Crippen LogP contribution < -0.4 is 4.90 Å². The van der Waals surface area contributed by atoms with E-state index < -0.39 is 5.97 Å². The van der Waals surface area contributed by atoms with Gasteiger partial charge >= 0.3 is 5.97 Å². The van der Waals surface area contributed by atoms with Crippen molar-refractivity contribution >= 4 is 29.2 Å². The maximum Gasteiger partial charge on any atom is 0.340 e. The number of nitrogens with zero attached hydrogens (tertiary/aromatic N) is 3. The van der Waals surface area contributed by atoms with Crippen molar-refractivity contribution in [1.82, 2.24) is 10.1 Å². The minimum Gasteiger partial charge on any atom is -0.452 e. The Morgan fingerprint density at radius 3 is 2.77 bits per heavy atom. The van der Waals surface area contributed by atoms with Crippen LogP contribution in [0, 0.1) is 0 Å². The summed E-state index contributed by atoms with van der Waals surface area (Å²) in [6.45, 7) is 6.29. The number of aromatic nitrogens is 2. The lowest BCUT2D eigenvalue weighted by Crippen LogP contribution is -2.26. The molecule has 0 unspecified atom stereocenters. The van der Waals surface area contributed by atoms with E-state index in [2.05, 4.69) is 10.1 Å². The van der Waals surface area contributed by atoms with Crippen LogP contribution in [0.25, 0.3) is 0 Å². The molecule has 1 fully saturated rings. The average Bonchev–Trinajstić information content (AvgIpc) is 3.21. The fraction of sp³-hybridized carbons (Fsp3) is 0.444. The van der Waals surface area contributed by atoms with Crippen molar-refractivity contribution in [2.75, 3.05) is 11.4 Å². The van der Waals surface area contributed by atoms with Crippen LogP contribution in [0.1, 0.15) is 55.7 Å². The molecule has 26 heavy (non-hydrogen) atoms. The standard InChI is InChI=1S/C18H20ClN3O4/c1-18(2,3)17-20-14(26-21-17)10-25-16(24)12-7-6-11(19)9-13(12)22-8-4-5-15(22)23/h6-7,9H,4-5,8,10H2,1-3H3. The predicted octanol–water partition coefficient (Wildman–Crippen LogP) is 3.50. The molecular formula is C18H20ClN3O4. The molecule has 2 aromatic rings. The summed E-state index contributed by atoms with van der Waals surface area (Å²) in [7, 11) is 0. The quantitative estimate of drug-likeness (QED) is 0.758. The van der Waals surface area contributed by atoms with E-state index in [0.717, 1.165) is 6.42 Å². The topological polar surface area (TPSA) is 85.5 Å². The number of carbonyl (C=O) groups excluding carboxylic acids is 2. The Morgan fingerprint density at radius 2 is 2.15 bits per heavy atom. The molecule has 0 bridgehead atoms. The molecule has 3 rings (SSSR count). The monoisotopic (exact) mass is 377 g/mol. The normalized spacial score (nSPS) is 14.8. The van der Waals surface area contributed by atoms with Crippen molar-refractivity contribution in [1.29, 1.82) is 0 Å². The van der Waals surface area contributed by atoms with Crippen LogP contribution in [0.4, 0.5) is 5.69 Å². The van der Waals surface area contributed by atoms with Crippen LogP contribution in [0.3, 0.4) is 0 Å². The molecule has 0 atom stereocenters. The molecule has 1 aliphatic heterocycles. The molecule has 0 saturated carbocycles. The number of hydrogen-bond acceptors (Lipinski definition) is 6. The highest BCUT2D eigenvalue weighted by Gasteiger charge is 2.27. The summed E-state index contributed by atoms with van der Waals surface area (Å²) < 4.78 is 10.4. The molecule has 1 aromatic carbocycles. The van der Waals surface area contributed by atoms with Gasteiger partial charge in [-0.25, -0.2) is 4.79 Å². The molecule has 1 saturated heterocycles. The van der Waals surface area contributed by atoms with Gasteiger partial charge in [0.2, 0.25) is 5.91 Å². The van der Waals surface area contributed by atoms with E-state index in [4.69, 9.17) is 20.9 Å². The Morgan fingerprint density at radius 1 is 1.38 bits per heavy atom. The van der Waals surface area contributed by atoms with Crippen LogP contribution in [0.5, 0.6) is 0 Å². The lowest BCUT2D eigenvalue weighted by Gasteiger charge is -2.19. The van der Waals surface area contributed by atoms with E-state index in [0.29, 0.717) is 29.5 Å². The molecule has 138 valence electrons. The van der Waals surface area contributed by atoms with Gasteiger partial charge in [0.25, 0.3) is 5.89 Å². The van der Waals surface area contributed by atoms with Crippen molar-refractivity contribution < 1.29 is 18.8 Å². The molecule has 0 radical (unpaired) electrons. The van der Waals surface area contributed by atoms with Gasteiger partial charge in [0, 0.05) is 23.4 Å². The van der Waals surface area contributed by atoms with E-state index >= 15 is 0 Å². The van der Waals surface area contributed by atoms with Crippen molar-refractivity contribution in [3.8, 4) is 0 Å². The van der Waals surface area contributed by atoms with Gasteiger partial charge < -0.3 is 14.2 Å². The minimum atomic E-state index is -0.577. The zero-order chi connectivity index (χ0) is 18.9. The Kier molecular flexibility index (Phi) is 5.00. The largest absolute Gasteiger partial charge is 0.452 e. The highest BCUT2D eigenvalue weighted by Crippen LogP contribution is 2.29. The smallest absolute Gasteiger partial charge is 0.340 e. The van der Waals surface area contributed by atoms with Crippen LogP contribution in [0.15, 0.2) is 22.7 Å². The Labute approximate surface area is 156 Å². The molecule has 2 heterocycles. The first-order valence-corrected chi connectivity index (χ1v) is 8.73. The second-order valence-electron chi connectivity index (χ2n) is 7.15. The summed E-state index contributed by atoms with van der Waals surface area (Å²) in [5.74, 6) is 0.148. The van der Waals surface area contributed by atoms with E-state index in [9.17, 15) is 9.59 Å². The third-order valence-electron chi connectivity index (χ3n) is 4.01. The van der Waals surface area contributed by atoms with Gasteiger partial charge in [0.15, 0.2) is 12.4 Å². The summed E-state index contributed by atoms with van der Waals surface area (Å²) in [5, 5.41) is 4.34. The Hall–Kier alpha value is -2.41. The van der Waals surface area contributed by atoms with Crippen LogP contribution in [-0.4, -0.2) is 28.6 Å². The number of rotatable bonds is 4. The fourth-order valence-corrected chi connectivity index (χ4v) is 2.79. The first-order chi connectivity index (χ1) is 12.3. The summed E-state index contributed by atoms with van der Waals surface area (Å²) in [6, 6.07) is 4.75. The SMILES string of the molecule is CC(C)(C)c1noc(COC(=O)c2ccc(Cl)cc2N2CCCC2=O)n1. The van der Waals surface area contributed by atoms with Crippen molar-refractivity contribution in [2.24, 2.45) is 0 Å². The second kappa shape index (κ2) is 7.07. The van der Waals surface area contributed by atoms with Gasteiger partial charge in [-0.15, -0.1) is 0 Å². The summed E-state index contributed by atoms with van der Waals surface area (Å²) in [5.41, 5.74) is 0.483. The predicted molar refractivity (Wildman–Crippen MR) is 95.2 cm³/mol. The van der Waals surface area contributed by atoms with Crippen LogP contribution in [0.2, 0.25) is 5.02 Å². The molecule has 0 spiro atoms. The molecule has 0 aliphatic carbocycles. The summed E-state index contributed by atoms with van der Waals surface area (Å²) in [6.07, 6.45) is 1.20. The number of amides is 1. The van der Waals surface area contributed by atoms with Crippen LogP contribution in [-0.2, 0) is 21.6 Å². The third-order valence-corrected chi connectivity index (χ3v) is 4.24. The highest BCUT2D eigenvalue weighted by molar-refractivity contribution is 6.31. The van der Waals surface area contributed by atoms with Gasteiger partial charge in [-0.3, -0.25) is 4.79 Å². The molecule has 7 nitrogen and oxygen atoms in total. The van der Waals surface area contributed by atoms with Gasteiger partial charge in [0.05, 0.1) is 11.3 Å². The maximum atomic E-state index is 12.5. The number of hydrogen-bond donors (Lipinski definition) is 0. The van der Waals surface area contributed by atoms with E-state index in [-0.39, 0.29) is 29.4 Å². The average molecular weight is 378 g/mol. The Balaban J connectivity index is 1.76. The second-order valence-corrected chi connectivity index (χ2v) is 7.58. The van der Waals surface area contributed by atoms with Gasteiger partial charge in [-0.1, -0.05) is 37.5 Å². The van der Waals surface area contributed by atoms with Gasteiger partial charge in [-0.05, 0) is 24.6 Å². The lowest BCUT2D eigenvalue weighted by molar-refractivity contribution is -0.117. The zero-order valence-corrected chi connectivity index (χ0v) is 15.7.